The maximum absolute atomic E-state index is 13.6. The standard InChI is InChI=1S/C23H23NO6S/c1-16-10-12-18(13-11-16)24(31(26,27)19-8-6-5-7-9-19)23(25)17-14-20(28-2)22(30-4)21(15-17)29-3/h5-15H,1-4H3. The van der Waals surface area contributed by atoms with E-state index in [0.29, 0.717) is 5.75 Å². The summed E-state index contributed by atoms with van der Waals surface area (Å²) in [5, 5.41) is 0. The number of ether oxygens (including phenoxy) is 3. The molecule has 8 heteroatoms. The summed E-state index contributed by atoms with van der Waals surface area (Å²) in [6.07, 6.45) is 0. The Kier molecular flexibility index (Phi) is 6.50. The zero-order chi connectivity index (χ0) is 22.6. The molecule has 0 spiro atoms. The quantitative estimate of drug-likeness (QED) is 0.550. The van der Waals surface area contributed by atoms with Crippen molar-refractivity contribution in [2.75, 3.05) is 25.6 Å². The van der Waals surface area contributed by atoms with Gasteiger partial charge in [0.25, 0.3) is 15.9 Å². The molecule has 162 valence electrons. The molecule has 1 amide bonds. The Balaban J connectivity index is 2.21. The van der Waals surface area contributed by atoms with Crippen molar-refractivity contribution in [3.63, 3.8) is 0 Å². The van der Waals surface area contributed by atoms with Gasteiger partial charge in [-0.2, -0.15) is 4.31 Å². The first-order chi connectivity index (χ1) is 14.8. The largest absolute Gasteiger partial charge is 0.493 e. The molecule has 0 saturated carbocycles. The van der Waals surface area contributed by atoms with Crippen LogP contribution in [-0.4, -0.2) is 35.7 Å². The monoisotopic (exact) mass is 441 g/mol. The zero-order valence-corrected chi connectivity index (χ0v) is 18.5. The highest BCUT2D eigenvalue weighted by Crippen LogP contribution is 2.39. The minimum atomic E-state index is -4.20. The maximum atomic E-state index is 13.6. The van der Waals surface area contributed by atoms with Crippen molar-refractivity contribution in [1.82, 2.24) is 0 Å². The van der Waals surface area contributed by atoms with E-state index in [1.54, 1.807) is 42.5 Å². The summed E-state index contributed by atoms with van der Waals surface area (Å²) in [4.78, 5) is 13.6. The highest BCUT2D eigenvalue weighted by molar-refractivity contribution is 7.93. The van der Waals surface area contributed by atoms with Crippen molar-refractivity contribution in [2.24, 2.45) is 0 Å². The Labute approximate surface area is 181 Å². The number of carbonyl (C=O) groups excluding carboxylic acids is 1. The van der Waals surface area contributed by atoms with Gasteiger partial charge in [-0.1, -0.05) is 35.9 Å². The fraction of sp³-hybridized carbons (Fsp3) is 0.174. The molecule has 0 atom stereocenters. The van der Waals surface area contributed by atoms with E-state index in [-0.39, 0.29) is 27.6 Å². The van der Waals surface area contributed by atoms with Crippen molar-refractivity contribution in [1.29, 1.82) is 0 Å². The van der Waals surface area contributed by atoms with Crippen LogP contribution in [0.3, 0.4) is 0 Å². The molecule has 0 unspecified atom stereocenters. The predicted molar refractivity (Wildman–Crippen MR) is 118 cm³/mol. The molecule has 0 fully saturated rings. The molecular weight excluding hydrogens is 418 g/mol. The number of anilines is 1. The number of sulfonamides is 1. The summed E-state index contributed by atoms with van der Waals surface area (Å²) in [7, 11) is 0.0878. The molecule has 0 heterocycles. The lowest BCUT2D eigenvalue weighted by Gasteiger charge is -2.24. The number of hydrogen-bond donors (Lipinski definition) is 0. The number of carbonyl (C=O) groups is 1. The molecule has 7 nitrogen and oxygen atoms in total. The lowest BCUT2D eigenvalue weighted by atomic mass is 10.1. The molecule has 0 aliphatic carbocycles. The van der Waals surface area contributed by atoms with Crippen LogP contribution < -0.4 is 18.5 Å². The van der Waals surface area contributed by atoms with Crippen LogP contribution >= 0.6 is 0 Å². The molecule has 3 aromatic carbocycles. The summed E-state index contributed by atoms with van der Waals surface area (Å²) in [6, 6.07) is 17.3. The third kappa shape index (κ3) is 4.34. The van der Waals surface area contributed by atoms with Gasteiger partial charge in [0, 0.05) is 5.56 Å². The van der Waals surface area contributed by atoms with Gasteiger partial charge in [-0.3, -0.25) is 4.79 Å². The number of nitrogens with zero attached hydrogens (tertiary/aromatic N) is 1. The van der Waals surface area contributed by atoms with Crippen molar-refractivity contribution in [3.05, 3.63) is 77.9 Å². The third-order valence-corrected chi connectivity index (χ3v) is 6.37. The minimum absolute atomic E-state index is 0.00336. The molecule has 3 aromatic rings. The highest BCUT2D eigenvalue weighted by atomic mass is 32.2. The molecule has 0 aromatic heterocycles. The van der Waals surface area contributed by atoms with Gasteiger partial charge in [0.2, 0.25) is 5.75 Å². The Morgan fingerprint density at radius 3 is 1.84 bits per heavy atom. The molecule has 31 heavy (non-hydrogen) atoms. The second-order valence-corrected chi connectivity index (χ2v) is 8.42. The second-order valence-electron chi connectivity index (χ2n) is 6.64. The number of methoxy groups -OCH3 is 3. The van der Waals surface area contributed by atoms with Crippen LogP contribution in [0.25, 0.3) is 0 Å². The van der Waals surface area contributed by atoms with E-state index < -0.39 is 15.9 Å². The number of benzene rings is 3. The average molecular weight is 442 g/mol. The molecular formula is C23H23NO6S. The molecule has 0 bridgehead atoms. The fourth-order valence-electron chi connectivity index (χ4n) is 3.07. The van der Waals surface area contributed by atoms with Crippen molar-refractivity contribution >= 4 is 21.6 Å². The van der Waals surface area contributed by atoms with Gasteiger partial charge in [-0.15, -0.1) is 0 Å². The smallest absolute Gasteiger partial charge is 0.272 e. The number of hydrogen-bond acceptors (Lipinski definition) is 6. The summed E-state index contributed by atoms with van der Waals surface area (Å²) >= 11 is 0. The first kappa shape index (κ1) is 22.2. The topological polar surface area (TPSA) is 82.1 Å². The van der Waals surface area contributed by atoms with E-state index in [1.807, 2.05) is 6.92 Å². The highest BCUT2D eigenvalue weighted by Gasteiger charge is 2.33. The Morgan fingerprint density at radius 1 is 0.806 bits per heavy atom. The second kappa shape index (κ2) is 9.09. The van der Waals surface area contributed by atoms with Crippen LogP contribution in [0.1, 0.15) is 15.9 Å². The summed E-state index contributed by atoms with van der Waals surface area (Å²) in [6.45, 7) is 1.88. The summed E-state index contributed by atoms with van der Waals surface area (Å²) < 4.78 is 43.7. The predicted octanol–water partition coefficient (Wildman–Crippen LogP) is 4.06. The fourth-order valence-corrected chi connectivity index (χ4v) is 4.50. The normalized spacial score (nSPS) is 11.0. The minimum Gasteiger partial charge on any atom is -0.493 e. The first-order valence-corrected chi connectivity index (χ1v) is 10.8. The Bertz CT molecular complexity index is 1150. The molecule has 0 radical (unpaired) electrons. The summed E-state index contributed by atoms with van der Waals surface area (Å²) in [5.41, 5.74) is 1.21. The van der Waals surface area contributed by atoms with E-state index in [2.05, 4.69) is 0 Å². The zero-order valence-electron chi connectivity index (χ0n) is 17.7. The lowest BCUT2D eigenvalue weighted by Crippen LogP contribution is -2.37. The first-order valence-electron chi connectivity index (χ1n) is 9.35. The Morgan fingerprint density at radius 2 is 1.35 bits per heavy atom. The molecule has 0 saturated heterocycles. The van der Waals surface area contributed by atoms with Gasteiger partial charge in [-0.25, -0.2) is 8.42 Å². The average Bonchev–Trinajstić information content (AvgIpc) is 2.79. The van der Waals surface area contributed by atoms with Crippen molar-refractivity contribution < 1.29 is 27.4 Å². The van der Waals surface area contributed by atoms with Gasteiger partial charge < -0.3 is 14.2 Å². The van der Waals surface area contributed by atoms with Gasteiger partial charge in [0.15, 0.2) is 11.5 Å². The van der Waals surface area contributed by atoms with Crippen LogP contribution in [-0.2, 0) is 10.0 Å². The van der Waals surface area contributed by atoms with Gasteiger partial charge in [0.05, 0.1) is 31.9 Å². The van der Waals surface area contributed by atoms with E-state index in [1.165, 1.54) is 45.6 Å². The van der Waals surface area contributed by atoms with E-state index in [9.17, 15) is 13.2 Å². The molecule has 0 aliphatic rings. The van der Waals surface area contributed by atoms with Crippen LogP contribution in [0, 0.1) is 6.92 Å². The van der Waals surface area contributed by atoms with Crippen LogP contribution in [0.5, 0.6) is 17.2 Å². The van der Waals surface area contributed by atoms with E-state index in [4.69, 9.17) is 14.2 Å². The van der Waals surface area contributed by atoms with E-state index in [0.717, 1.165) is 9.87 Å². The third-order valence-electron chi connectivity index (χ3n) is 4.65. The lowest BCUT2D eigenvalue weighted by molar-refractivity contribution is 0.100. The molecule has 0 aliphatic heterocycles. The van der Waals surface area contributed by atoms with Crippen LogP contribution in [0.2, 0.25) is 0 Å². The number of aryl methyl sites for hydroxylation is 1. The van der Waals surface area contributed by atoms with Gasteiger partial charge in [0.1, 0.15) is 0 Å². The molecule has 0 N–H and O–H groups in total. The van der Waals surface area contributed by atoms with Crippen molar-refractivity contribution in [3.8, 4) is 17.2 Å². The number of amides is 1. The van der Waals surface area contributed by atoms with Crippen LogP contribution in [0.4, 0.5) is 5.69 Å². The van der Waals surface area contributed by atoms with Crippen molar-refractivity contribution in [2.45, 2.75) is 11.8 Å². The van der Waals surface area contributed by atoms with Gasteiger partial charge >= 0.3 is 0 Å². The SMILES string of the molecule is COc1cc(C(=O)N(c2ccc(C)cc2)S(=O)(=O)c2ccccc2)cc(OC)c1OC. The van der Waals surface area contributed by atoms with Gasteiger partial charge in [-0.05, 0) is 43.3 Å². The number of rotatable bonds is 7. The molecule has 3 rings (SSSR count). The van der Waals surface area contributed by atoms with Crippen LogP contribution in [0.15, 0.2) is 71.6 Å². The Hall–Kier alpha value is -3.52. The summed E-state index contributed by atoms with van der Waals surface area (Å²) in [5.74, 6) is 0.0265. The maximum Gasteiger partial charge on any atom is 0.272 e. The van der Waals surface area contributed by atoms with E-state index >= 15 is 0 Å².